The van der Waals surface area contributed by atoms with Crippen molar-refractivity contribution in [1.29, 1.82) is 0 Å². The number of hydrogen-bond donors (Lipinski definition) is 2. The Hall–Kier alpha value is -1.66. The highest BCUT2D eigenvalue weighted by molar-refractivity contribution is 5.85. The van der Waals surface area contributed by atoms with E-state index >= 15 is 0 Å². The largest absolute Gasteiger partial charge is 0.418 e. The van der Waals surface area contributed by atoms with Crippen molar-refractivity contribution in [2.24, 2.45) is 5.73 Å². The van der Waals surface area contributed by atoms with Crippen molar-refractivity contribution in [2.75, 3.05) is 6.54 Å². The summed E-state index contributed by atoms with van der Waals surface area (Å²) in [7, 11) is 0. The topological polar surface area (TPSA) is 59.1 Å². The molecule has 0 aliphatic rings. The molecule has 0 aliphatic heterocycles. The van der Waals surface area contributed by atoms with Crippen LogP contribution in [0.15, 0.2) is 30.6 Å². The second-order valence-corrected chi connectivity index (χ2v) is 3.92. The van der Waals surface area contributed by atoms with Gasteiger partial charge in [-0.15, -0.1) is 0 Å². The molecule has 0 bridgehead atoms. The Kier molecular flexibility index (Phi) is 3.23. The highest BCUT2D eigenvalue weighted by Crippen LogP contribution is 2.34. The minimum Gasteiger partial charge on any atom is -0.387 e. The van der Waals surface area contributed by atoms with E-state index in [1.807, 2.05) is 0 Å². The first-order valence-corrected chi connectivity index (χ1v) is 5.26. The number of hydrogen-bond acceptors (Lipinski definition) is 3. The van der Waals surface area contributed by atoms with Gasteiger partial charge in [-0.05, 0) is 17.0 Å². The highest BCUT2D eigenvalue weighted by Gasteiger charge is 2.32. The molecular formula is C12H11F3N2O. The van der Waals surface area contributed by atoms with Gasteiger partial charge < -0.3 is 10.8 Å². The Balaban J connectivity index is 2.61. The third-order valence-corrected chi connectivity index (χ3v) is 2.70. The van der Waals surface area contributed by atoms with Gasteiger partial charge in [0.15, 0.2) is 0 Å². The van der Waals surface area contributed by atoms with E-state index in [2.05, 4.69) is 4.98 Å². The van der Waals surface area contributed by atoms with Gasteiger partial charge in [0.1, 0.15) is 0 Å². The zero-order valence-electron chi connectivity index (χ0n) is 9.28. The van der Waals surface area contributed by atoms with Crippen LogP contribution in [0.2, 0.25) is 0 Å². The summed E-state index contributed by atoms with van der Waals surface area (Å²) < 4.78 is 38.2. The molecule has 96 valence electrons. The summed E-state index contributed by atoms with van der Waals surface area (Å²) in [6, 6.07) is 4.23. The third-order valence-electron chi connectivity index (χ3n) is 2.70. The quantitative estimate of drug-likeness (QED) is 0.866. The van der Waals surface area contributed by atoms with Crippen LogP contribution in [0.5, 0.6) is 0 Å². The number of nitrogens with two attached hydrogens (primary N) is 1. The second-order valence-electron chi connectivity index (χ2n) is 3.92. The summed E-state index contributed by atoms with van der Waals surface area (Å²) in [5.74, 6) is 0. The van der Waals surface area contributed by atoms with Crippen LogP contribution in [-0.2, 0) is 6.18 Å². The molecule has 1 unspecified atom stereocenters. The van der Waals surface area contributed by atoms with E-state index in [1.54, 1.807) is 0 Å². The van der Waals surface area contributed by atoms with Crippen LogP contribution in [0.25, 0.3) is 10.8 Å². The fraction of sp³-hybridized carbons (Fsp3) is 0.250. The molecule has 2 aromatic rings. The van der Waals surface area contributed by atoms with Crippen molar-refractivity contribution < 1.29 is 18.3 Å². The van der Waals surface area contributed by atoms with E-state index < -0.39 is 17.8 Å². The van der Waals surface area contributed by atoms with Gasteiger partial charge in [-0.1, -0.05) is 12.1 Å². The van der Waals surface area contributed by atoms with E-state index in [9.17, 15) is 18.3 Å². The van der Waals surface area contributed by atoms with E-state index in [0.29, 0.717) is 10.9 Å². The zero-order chi connectivity index (χ0) is 13.3. The van der Waals surface area contributed by atoms with Crippen molar-refractivity contribution >= 4 is 10.8 Å². The highest BCUT2D eigenvalue weighted by atomic mass is 19.4. The second kappa shape index (κ2) is 4.55. The Labute approximate surface area is 101 Å². The maximum Gasteiger partial charge on any atom is 0.418 e. The first-order chi connectivity index (χ1) is 8.43. The van der Waals surface area contributed by atoms with Gasteiger partial charge in [0.25, 0.3) is 0 Å². The summed E-state index contributed by atoms with van der Waals surface area (Å²) in [6.45, 7) is 0.0118. The average molecular weight is 256 g/mol. The summed E-state index contributed by atoms with van der Waals surface area (Å²) in [5, 5.41) is 9.94. The number of nitrogens with zero attached hydrogens (tertiary/aromatic N) is 1. The molecule has 3 nitrogen and oxygen atoms in total. The molecule has 0 aliphatic carbocycles. The molecule has 1 atom stereocenters. The minimum absolute atomic E-state index is 0.0118. The summed E-state index contributed by atoms with van der Waals surface area (Å²) >= 11 is 0. The van der Waals surface area contributed by atoms with Gasteiger partial charge >= 0.3 is 6.18 Å². The molecule has 3 N–H and O–H groups in total. The van der Waals surface area contributed by atoms with Gasteiger partial charge in [0.05, 0.1) is 11.7 Å². The monoisotopic (exact) mass is 256 g/mol. The molecule has 1 aromatic carbocycles. The SMILES string of the molecule is NCC(O)c1ccc2c(C(F)(F)F)cncc2c1. The lowest BCUT2D eigenvalue weighted by Gasteiger charge is -2.12. The number of benzene rings is 1. The molecule has 18 heavy (non-hydrogen) atoms. The predicted molar refractivity (Wildman–Crippen MR) is 60.8 cm³/mol. The van der Waals surface area contributed by atoms with Crippen LogP contribution in [0.4, 0.5) is 13.2 Å². The van der Waals surface area contributed by atoms with Crippen LogP contribution in [0.3, 0.4) is 0 Å². The normalized spacial score (nSPS) is 13.8. The molecule has 2 rings (SSSR count). The van der Waals surface area contributed by atoms with Crippen molar-refractivity contribution in [2.45, 2.75) is 12.3 Å². The van der Waals surface area contributed by atoms with Crippen molar-refractivity contribution in [3.8, 4) is 0 Å². The average Bonchev–Trinajstić information content (AvgIpc) is 2.35. The maximum atomic E-state index is 12.7. The van der Waals surface area contributed by atoms with Crippen LogP contribution in [0, 0.1) is 0 Å². The van der Waals surface area contributed by atoms with Gasteiger partial charge in [0, 0.05) is 24.3 Å². The fourth-order valence-electron chi connectivity index (χ4n) is 1.76. The molecule has 0 spiro atoms. The van der Waals surface area contributed by atoms with Gasteiger partial charge in [-0.25, -0.2) is 0 Å². The van der Waals surface area contributed by atoms with Gasteiger partial charge in [-0.2, -0.15) is 13.2 Å². The summed E-state index contributed by atoms with van der Waals surface area (Å²) in [5.41, 5.74) is 5.00. The van der Waals surface area contributed by atoms with E-state index in [0.717, 1.165) is 6.20 Å². The molecule has 0 saturated heterocycles. The molecule has 1 heterocycles. The standard InChI is InChI=1S/C12H11F3N2O/c13-12(14,15)10-6-17-5-8-3-7(11(18)4-16)1-2-9(8)10/h1-3,5-6,11,18H,4,16H2. The number of halogens is 3. The van der Waals surface area contributed by atoms with Crippen molar-refractivity contribution in [3.63, 3.8) is 0 Å². The lowest BCUT2D eigenvalue weighted by atomic mass is 10.0. The fourth-order valence-corrected chi connectivity index (χ4v) is 1.76. The smallest absolute Gasteiger partial charge is 0.387 e. The number of fused-ring (bicyclic) bond motifs is 1. The molecular weight excluding hydrogens is 245 g/mol. The number of aliphatic hydroxyl groups is 1. The van der Waals surface area contributed by atoms with Crippen molar-refractivity contribution in [3.05, 3.63) is 41.7 Å². The van der Waals surface area contributed by atoms with Gasteiger partial charge in [-0.3, -0.25) is 4.98 Å². The third kappa shape index (κ3) is 2.30. The predicted octanol–water partition coefficient (Wildman–Crippen LogP) is 2.25. The van der Waals surface area contributed by atoms with E-state index in [-0.39, 0.29) is 11.9 Å². The molecule has 0 saturated carbocycles. The summed E-state index contributed by atoms with van der Waals surface area (Å²) in [4.78, 5) is 3.57. The van der Waals surface area contributed by atoms with E-state index in [1.165, 1.54) is 24.4 Å². The molecule has 0 radical (unpaired) electrons. The van der Waals surface area contributed by atoms with E-state index in [4.69, 9.17) is 5.73 Å². The maximum absolute atomic E-state index is 12.7. The van der Waals surface area contributed by atoms with Crippen LogP contribution in [0.1, 0.15) is 17.2 Å². The number of aromatic nitrogens is 1. The first-order valence-electron chi connectivity index (χ1n) is 5.26. The summed E-state index contributed by atoms with van der Waals surface area (Å²) in [6.07, 6.45) is -3.21. The minimum atomic E-state index is -4.44. The first kappa shape index (κ1) is 12.8. The number of pyridine rings is 1. The molecule has 0 fully saturated rings. The Bertz CT molecular complexity index is 569. The Morgan fingerprint density at radius 1 is 1.28 bits per heavy atom. The van der Waals surface area contributed by atoms with Crippen LogP contribution in [-0.4, -0.2) is 16.6 Å². The zero-order valence-corrected chi connectivity index (χ0v) is 9.28. The molecule has 6 heteroatoms. The van der Waals surface area contributed by atoms with Crippen LogP contribution < -0.4 is 5.73 Å². The number of aliphatic hydroxyl groups excluding tert-OH is 1. The van der Waals surface area contributed by atoms with Crippen molar-refractivity contribution in [1.82, 2.24) is 4.98 Å². The Morgan fingerprint density at radius 2 is 2.00 bits per heavy atom. The van der Waals surface area contributed by atoms with Crippen LogP contribution >= 0.6 is 0 Å². The lowest BCUT2D eigenvalue weighted by molar-refractivity contribution is -0.136. The Morgan fingerprint density at radius 3 is 2.61 bits per heavy atom. The number of rotatable bonds is 2. The van der Waals surface area contributed by atoms with Gasteiger partial charge in [0.2, 0.25) is 0 Å². The lowest BCUT2D eigenvalue weighted by Crippen LogP contribution is -2.11. The number of alkyl halides is 3. The molecule has 1 aromatic heterocycles. The molecule has 0 amide bonds.